The fourth-order valence-electron chi connectivity index (χ4n) is 3.79. The van der Waals surface area contributed by atoms with Crippen molar-refractivity contribution in [2.45, 2.75) is 26.9 Å². The van der Waals surface area contributed by atoms with Crippen molar-refractivity contribution in [1.82, 2.24) is 9.88 Å². The highest BCUT2D eigenvalue weighted by atomic mass is 16.2. The summed E-state index contributed by atoms with van der Waals surface area (Å²) in [5.74, 6) is -0.646. The van der Waals surface area contributed by atoms with E-state index in [9.17, 15) is 14.4 Å². The largest absolute Gasteiger partial charge is 0.348 e. The molecule has 0 bridgehead atoms. The highest BCUT2D eigenvalue weighted by Crippen LogP contribution is 2.13. The van der Waals surface area contributed by atoms with Crippen LogP contribution in [0, 0.1) is 13.8 Å². The van der Waals surface area contributed by atoms with Crippen LogP contribution in [0.1, 0.15) is 43.0 Å². The Kier molecular flexibility index (Phi) is 7.21. The van der Waals surface area contributed by atoms with Crippen LogP contribution >= 0.6 is 0 Å². The van der Waals surface area contributed by atoms with Gasteiger partial charge in [-0.05, 0) is 61.4 Å². The molecule has 4 aromatic rings. The number of nitrogens with zero attached hydrogens (tertiary/aromatic N) is 1. The molecular formula is C29H27N3O3. The van der Waals surface area contributed by atoms with Crippen molar-refractivity contribution in [3.63, 3.8) is 0 Å². The predicted molar refractivity (Wildman–Crippen MR) is 138 cm³/mol. The van der Waals surface area contributed by atoms with Crippen molar-refractivity contribution < 1.29 is 9.59 Å². The number of carbonyl (C=O) groups is 2. The fraction of sp³-hybridized carbons (Fsp3) is 0.138. The lowest BCUT2D eigenvalue weighted by molar-refractivity contribution is 0.0947. The minimum Gasteiger partial charge on any atom is -0.348 e. The number of aromatic nitrogens is 1. The standard InChI is InChI=1S/C29H27N3O3/c1-20-11-13-24(14-12-20)27(33)31-25-9-4-7-22(17-25)18-30-28(34)26-10-5-15-32(29(26)35)19-23-8-3-6-21(2)16-23/h3-17H,18-19H2,1-2H3,(H,30,34)(H,31,33). The zero-order chi connectivity index (χ0) is 24.8. The molecule has 0 atom stereocenters. The Bertz CT molecular complexity index is 1420. The maximum absolute atomic E-state index is 12.9. The summed E-state index contributed by atoms with van der Waals surface area (Å²) in [6.45, 7) is 4.58. The molecule has 0 aliphatic heterocycles. The van der Waals surface area contributed by atoms with E-state index in [1.165, 1.54) is 10.6 Å². The second-order valence-corrected chi connectivity index (χ2v) is 8.55. The lowest BCUT2D eigenvalue weighted by atomic mass is 10.1. The van der Waals surface area contributed by atoms with E-state index in [1.54, 1.807) is 36.5 Å². The minimum absolute atomic E-state index is 0.0870. The summed E-state index contributed by atoms with van der Waals surface area (Å²) in [6, 6.07) is 25.7. The number of hydrogen-bond donors (Lipinski definition) is 2. The summed E-state index contributed by atoms with van der Waals surface area (Å²) in [5, 5.41) is 5.69. The number of benzene rings is 3. The second kappa shape index (κ2) is 10.7. The molecule has 0 aliphatic rings. The first-order valence-electron chi connectivity index (χ1n) is 11.4. The molecule has 6 heteroatoms. The molecule has 3 aromatic carbocycles. The van der Waals surface area contributed by atoms with Crippen molar-refractivity contribution in [1.29, 1.82) is 0 Å². The van der Waals surface area contributed by atoms with Crippen molar-refractivity contribution >= 4 is 17.5 Å². The van der Waals surface area contributed by atoms with E-state index < -0.39 is 5.91 Å². The Labute approximate surface area is 204 Å². The summed E-state index contributed by atoms with van der Waals surface area (Å²) in [6.07, 6.45) is 1.68. The van der Waals surface area contributed by atoms with Gasteiger partial charge in [0.2, 0.25) is 0 Å². The van der Waals surface area contributed by atoms with Gasteiger partial charge in [-0.1, -0.05) is 59.7 Å². The molecule has 0 unspecified atom stereocenters. The van der Waals surface area contributed by atoms with Gasteiger partial charge in [-0.3, -0.25) is 14.4 Å². The van der Waals surface area contributed by atoms with Crippen LogP contribution in [0.25, 0.3) is 0 Å². The number of amides is 2. The van der Waals surface area contributed by atoms with Crippen molar-refractivity contribution in [2.75, 3.05) is 5.32 Å². The number of nitrogens with one attached hydrogen (secondary N) is 2. The van der Waals surface area contributed by atoms with E-state index in [0.717, 1.165) is 22.3 Å². The van der Waals surface area contributed by atoms with Gasteiger partial charge in [-0.25, -0.2) is 0 Å². The van der Waals surface area contributed by atoms with E-state index in [-0.39, 0.29) is 23.6 Å². The third kappa shape index (κ3) is 6.12. The van der Waals surface area contributed by atoms with Gasteiger partial charge in [0.05, 0.1) is 6.54 Å². The fourth-order valence-corrected chi connectivity index (χ4v) is 3.79. The van der Waals surface area contributed by atoms with Crippen molar-refractivity contribution in [2.24, 2.45) is 0 Å². The second-order valence-electron chi connectivity index (χ2n) is 8.55. The molecule has 2 N–H and O–H groups in total. The highest BCUT2D eigenvalue weighted by Gasteiger charge is 2.13. The molecule has 2 amide bonds. The van der Waals surface area contributed by atoms with E-state index in [2.05, 4.69) is 10.6 Å². The maximum Gasteiger partial charge on any atom is 0.263 e. The third-order valence-electron chi connectivity index (χ3n) is 5.65. The predicted octanol–water partition coefficient (Wildman–Crippen LogP) is 4.70. The lowest BCUT2D eigenvalue weighted by Crippen LogP contribution is -2.32. The summed E-state index contributed by atoms with van der Waals surface area (Å²) in [5.41, 5.74) is 4.93. The van der Waals surface area contributed by atoms with Gasteiger partial charge in [-0.15, -0.1) is 0 Å². The van der Waals surface area contributed by atoms with Crippen LogP contribution in [-0.4, -0.2) is 16.4 Å². The van der Waals surface area contributed by atoms with Gasteiger partial charge in [-0.2, -0.15) is 0 Å². The molecule has 0 fully saturated rings. The summed E-state index contributed by atoms with van der Waals surface area (Å²) >= 11 is 0. The molecular weight excluding hydrogens is 438 g/mol. The Balaban J connectivity index is 1.41. The number of carbonyl (C=O) groups excluding carboxylic acids is 2. The molecule has 1 aromatic heterocycles. The van der Waals surface area contributed by atoms with Crippen molar-refractivity contribution in [3.8, 4) is 0 Å². The smallest absolute Gasteiger partial charge is 0.263 e. The zero-order valence-electron chi connectivity index (χ0n) is 19.7. The number of hydrogen-bond acceptors (Lipinski definition) is 3. The third-order valence-corrected chi connectivity index (χ3v) is 5.65. The van der Waals surface area contributed by atoms with Crippen LogP contribution in [0.3, 0.4) is 0 Å². The van der Waals surface area contributed by atoms with Crippen LogP contribution in [0.2, 0.25) is 0 Å². The summed E-state index contributed by atoms with van der Waals surface area (Å²) in [7, 11) is 0. The van der Waals surface area contributed by atoms with E-state index in [0.29, 0.717) is 17.8 Å². The molecule has 0 radical (unpaired) electrons. The first-order chi connectivity index (χ1) is 16.9. The number of rotatable bonds is 7. The molecule has 0 saturated heterocycles. The summed E-state index contributed by atoms with van der Waals surface area (Å²) in [4.78, 5) is 38.2. The Morgan fingerprint density at radius 2 is 1.51 bits per heavy atom. The van der Waals surface area contributed by atoms with E-state index >= 15 is 0 Å². The molecule has 4 rings (SSSR count). The first-order valence-corrected chi connectivity index (χ1v) is 11.4. The topological polar surface area (TPSA) is 80.2 Å². The van der Waals surface area contributed by atoms with Gasteiger partial charge >= 0.3 is 0 Å². The minimum atomic E-state index is -0.442. The molecule has 35 heavy (non-hydrogen) atoms. The summed E-state index contributed by atoms with van der Waals surface area (Å²) < 4.78 is 1.53. The molecule has 176 valence electrons. The SMILES string of the molecule is Cc1ccc(C(=O)Nc2cccc(CNC(=O)c3cccn(Cc4cccc(C)c4)c3=O)c2)cc1. The Morgan fingerprint density at radius 3 is 2.29 bits per heavy atom. The van der Waals surface area contributed by atoms with Crippen LogP contribution in [-0.2, 0) is 13.1 Å². The van der Waals surface area contributed by atoms with E-state index in [1.807, 2.05) is 62.4 Å². The Morgan fingerprint density at radius 1 is 0.771 bits per heavy atom. The van der Waals surface area contributed by atoms with Gasteiger partial charge < -0.3 is 15.2 Å². The maximum atomic E-state index is 12.9. The van der Waals surface area contributed by atoms with Gasteiger partial charge in [0.15, 0.2) is 0 Å². The Hall–Kier alpha value is -4.45. The van der Waals surface area contributed by atoms with Gasteiger partial charge in [0, 0.05) is 24.0 Å². The van der Waals surface area contributed by atoms with Crippen LogP contribution in [0.5, 0.6) is 0 Å². The van der Waals surface area contributed by atoms with Gasteiger partial charge in [0.25, 0.3) is 17.4 Å². The molecule has 1 heterocycles. The quantitative estimate of drug-likeness (QED) is 0.415. The highest BCUT2D eigenvalue weighted by molar-refractivity contribution is 6.04. The molecule has 0 aliphatic carbocycles. The number of anilines is 1. The molecule has 6 nitrogen and oxygen atoms in total. The monoisotopic (exact) mass is 465 g/mol. The van der Waals surface area contributed by atoms with Crippen LogP contribution in [0.4, 0.5) is 5.69 Å². The van der Waals surface area contributed by atoms with Gasteiger partial charge in [0.1, 0.15) is 5.56 Å². The average molecular weight is 466 g/mol. The number of aryl methyl sites for hydroxylation is 2. The van der Waals surface area contributed by atoms with Crippen LogP contribution in [0.15, 0.2) is 95.9 Å². The number of pyridine rings is 1. The molecule has 0 spiro atoms. The lowest BCUT2D eigenvalue weighted by Gasteiger charge is -2.11. The van der Waals surface area contributed by atoms with Crippen molar-refractivity contribution in [3.05, 3.63) is 135 Å². The first kappa shape index (κ1) is 23.7. The molecule has 0 saturated carbocycles. The zero-order valence-corrected chi connectivity index (χ0v) is 19.7. The van der Waals surface area contributed by atoms with E-state index in [4.69, 9.17) is 0 Å². The average Bonchev–Trinajstić information content (AvgIpc) is 2.84. The van der Waals surface area contributed by atoms with Crippen LogP contribution < -0.4 is 16.2 Å². The normalized spacial score (nSPS) is 10.6.